The standard InChI is InChI=1S/C30H43F4NO3/c1-2-3-4-5-6-7-8-9-10-11-12-13-14-15-16-17-20-35-30(36)26-19-18-23(38-26)22-37-29-27(33)24(31)21-25(32)28(29)34/h18-19,21H,2-17,20,22H2,1H3,(H,35,36). The van der Waals surface area contributed by atoms with Crippen molar-refractivity contribution in [2.45, 2.75) is 116 Å². The van der Waals surface area contributed by atoms with Crippen LogP contribution in [0.25, 0.3) is 0 Å². The van der Waals surface area contributed by atoms with Gasteiger partial charge in [-0.25, -0.2) is 8.78 Å². The second kappa shape index (κ2) is 18.7. The Morgan fingerprint density at radius 2 is 1.21 bits per heavy atom. The van der Waals surface area contributed by atoms with Crippen molar-refractivity contribution in [2.24, 2.45) is 0 Å². The summed E-state index contributed by atoms with van der Waals surface area (Å²) >= 11 is 0. The van der Waals surface area contributed by atoms with E-state index < -0.39 is 41.5 Å². The molecule has 1 heterocycles. The summed E-state index contributed by atoms with van der Waals surface area (Å²) in [5.74, 6) is -7.87. The summed E-state index contributed by atoms with van der Waals surface area (Å²) in [6.07, 6.45) is 20.5. The maximum atomic E-state index is 13.7. The SMILES string of the molecule is CCCCCCCCCCCCCCCCCCNC(=O)c1ccc(COc2c(F)c(F)cc(F)c2F)o1. The van der Waals surface area contributed by atoms with Gasteiger partial charge in [0, 0.05) is 12.6 Å². The summed E-state index contributed by atoms with van der Waals surface area (Å²) in [4.78, 5) is 12.2. The quantitative estimate of drug-likeness (QED) is 0.0973. The number of furan rings is 1. The number of hydrogen-bond donors (Lipinski definition) is 1. The van der Waals surface area contributed by atoms with Gasteiger partial charge in [0.2, 0.25) is 11.6 Å². The summed E-state index contributed by atoms with van der Waals surface area (Å²) in [7, 11) is 0. The molecule has 0 aliphatic carbocycles. The van der Waals surface area contributed by atoms with Crippen molar-refractivity contribution in [1.82, 2.24) is 5.32 Å². The Hall–Kier alpha value is -2.51. The van der Waals surface area contributed by atoms with Crippen molar-refractivity contribution >= 4 is 5.91 Å². The lowest BCUT2D eigenvalue weighted by Gasteiger charge is -2.08. The molecular formula is C30H43F4NO3. The molecule has 4 nitrogen and oxygen atoms in total. The van der Waals surface area contributed by atoms with Crippen molar-refractivity contribution in [1.29, 1.82) is 0 Å². The molecule has 214 valence electrons. The molecule has 0 saturated carbocycles. The number of unbranched alkanes of at least 4 members (excludes halogenated alkanes) is 15. The van der Waals surface area contributed by atoms with Gasteiger partial charge in [-0.1, -0.05) is 103 Å². The van der Waals surface area contributed by atoms with Crippen LogP contribution in [0.1, 0.15) is 126 Å². The predicted molar refractivity (Wildman–Crippen MR) is 141 cm³/mol. The topological polar surface area (TPSA) is 51.5 Å². The molecule has 1 amide bonds. The van der Waals surface area contributed by atoms with Crippen molar-refractivity contribution in [3.63, 3.8) is 0 Å². The van der Waals surface area contributed by atoms with E-state index in [9.17, 15) is 22.4 Å². The molecule has 0 aliphatic rings. The summed E-state index contributed by atoms with van der Waals surface area (Å²) in [6, 6.07) is 2.90. The first-order chi connectivity index (χ1) is 18.4. The summed E-state index contributed by atoms with van der Waals surface area (Å²) < 4.78 is 64.0. The molecule has 0 spiro atoms. The van der Waals surface area contributed by atoms with Crippen LogP contribution in [0, 0.1) is 23.3 Å². The second-order valence-electron chi connectivity index (χ2n) is 9.91. The molecule has 2 rings (SSSR count). The van der Waals surface area contributed by atoms with Gasteiger partial charge in [-0.15, -0.1) is 0 Å². The van der Waals surface area contributed by atoms with Crippen LogP contribution in [0.15, 0.2) is 22.6 Å². The second-order valence-corrected chi connectivity index (χ2v) is 9.91. The van der Waals surface area contributed by atoms with Crippen molar-refractivity contribution in [3.05, 3.63) is 53.0 Å². The third kappa shape index (κ3) is 11.9. The van der Waals surface area contributed by atoms with E-state index >= 15 is 0 Å². The molecule has 0 saturated heterocycles. The van der Waals surface area contributed by atoms with E-state index in [1.54, 1.807) is 0 Å². The lowest BCUT2D eigenvalue weighted by Crippen LogP contribution is -2.23. The highest BCUT2D eigenvalue weighted by Crippen LogP contribution is 2.27. The number of ether oxygens (including phenoxy) is 1. The van der Waals surface area contributed by atoms with Gasteiger partial charge >= 0.3 is 0 Å². The van der Waals surface area contributed by atoms with Crippen LogP contribution in [0.2, 0.25) is 0 Å². The number of rotatable bonds is 21. The highest BCUT2D eigenvalue weighted by molar-refractivity contribution is 5.91. The first kappa shape index (κ1) is 31.7. The normalized spacial score (nSPS) is 11.2. The molecule has 2 aromatic rings. The lowest BCUT2D eigenvalue weighted by molar-refractivity contribution is 0.0920. The van der Waals surface area contributed by atoms with Gasteiger partial charge in [0.15, 0.2) is 23.1 Å². The average Bonchev–Trinajstić information content (AvgIpc) is 3.38. The largest absolute Gasteiger partial charge is 0.479 e. The fraction of sp³-hybridized carbons (Fsp3) is 0.633. The van der Waals surface area contributed by atoms with Gasteiger partial charge in [-0.05, 0) is 18.6 Å². The maximum Gasteiger partial charge on any atom is 0.286 e. The molecule has 0 radical (unpaired) electrons. The fourth-order valence-electron chi connectivity index (χ4n) is 4.36. The fourth-order valence-corrected chi connectivity index (χ4v) is 4.36. The molecule has 0 atom stereocenters. The average molecular weight is 542 g/mol. The minimum absolute atomic E-state index is 0.0199. The van der Waals surface area contributed by atoms with E-state index in [0.717, 1.165) is 19.3 Å². The number of halogens is 4. The molecular weight excluding hydrogens is 498 g/mol. The van der Waals surface area contributed by atoms with Gasteiger partial charge in [0.25, 0.3) is 5.91 Å². The van der Waals surface area contributed by atoms with E-state index in [1.165, 1.54) is 95.6 Å². The van der Waals surface area contributed by atoms with Gasteiger partial charge in [-0.2, -0.15) is 8.78 Å². The van der Waals surface area contributed by atoms with Gasteiger partial charge < -0.3 is 14.5 Å². The summed E-state index contributed by atoms with van der Waals surface area (Å²) in [5.41, 5.74) is 0. The zero-order valence-electron chi connectivity index (χ0n) is 22.7. The van der Waals surface area contributed by atoms with Crippen LogP contribution in [0.3, 0.4) is 0 Å². The molecule has 1 aromatic carbocycles. The Labute approximate surface area is 224 Å². The Bertz CT molecular complexity index is 922. The molecule has 0 unspecified atom stereocenters. The summed E-state index contributed by atoms with van der Waals surface area (Å²) in [5, 5.41) is 2.78. The Morgan fingerprint density at radius 1 is 0.737 bits per heavy atom. The van der Waals surface area contributed by atoms with E-state index in [-0.39, 0.29) is 17.6 Å². The smallest absolute Gasteiger partial charge is 0.286 e. The maximum absolute atomic E-state index is 13.7. The molecule has 1 N–H and O–H groups in total. The van der Waals surface area contributed by atoms with E-state index in [1.807, 2.05) is 0 Å². The minimum Gasteiger partial charge on any atom is -0.479 e. The third-order valence-electron chi connectivity index (χ3n) is 6.63. The van der Waals surface area contributed by atoms with Crippen molar-refractivity contribution < 1.29 is 31.5 Å². The first-order valence-corrected chi connectivity index (χ1v) is 14.3. The van der Waals surface area contributed by atoms with Crippen LogP contribution in [0.4, 0.5) is 17.6 Å². The van der Waals surface area contributed by atoms with Crippen LogP contribution in [0.5, 0.6) is 5.75 Å². The van der Waals surface area contributed by atoms with Crippen molar-refractivity contribution in [2.75, 3.05) is 6.54 Å². The highest BCUT2D eigenvalue weighted by atomic mass is 19.2. The molecule has 0 aliphatic heterocycles. The van der Waals surface area contributed by atoms with Crippen LogP contribution in [-0.2, 0) is 6.61 Å². The summed E-state index contributed by atoms with van der Waals surface area (Å²) in [6.45, 7) is 2.27. The number of benzene rings is 1. The van der Waals surface area contributed by atoms with Crippen LogP contribution >= 0.6 is 0 Å². The van der Waals surface area contributed by atoms with Crippen molar-refractivity contribution in [3.8, 4) is 5.75 Å². The Morgan fingerprint density at radius 3 is 1.71 bits per heavy atom. The zero-order valence-corrected chi connectivity index (χ0v) is 22.7. The van der Waals surface area contributed by atoms with Crippen LogP contribution < -0.4 is 10.1 Å². The van der Waals surface area contributed by atoms with Gasteiger partial charge in [0.05, 0.1) is 0 Å². The molecule has 38 heavy (non-hydrogen) atoms. The number of carbonyl (C=O) groups is 1. The predicted octanol–water partition coefficient (Wildman–Crippen LogP) is 9.41. The number of carbonyl (C=O) groups excluding carboxylic acids is 1. The Balaban J connectivity index is 1.47. The van der Waals surface area contributed by atoms with Gasteiger partial charge in [0.1, 0.15) is 12.4 Å². The molecule has 0 bridgehead atoms. The third-order valence-corrected chi connectivity index (χ3v) is 6.63. The van der Waals surface area contributed by atoms with E-state index in [2.05, 4.69) is 12.2 Å². The minimum atomic E-state index is -1.63. The van der Waals surface area contributed by atoms with E-state index in [0.29, 0.717) is 6.54 Å². The molecule has 1 aromatic heterocycles. The molecule has 8 heteroatoms. The number of amides is 1. The van der Waals surface area contributed by atoms with Crippen LogP contribution in [-0.4, -0.2) is 12.5 Å². The lowest BCUT2D eigenvalue weighted by atomic mass is 10.0. The monoisotopic (exact) mass is 541 g/mol. The van der Waals surface area contributed by atoms with Gasteiger partial charge in [-0.3, -0.25) is 4.79 Å². The first-order valence-electron chi connectivity index (χ1n) is 14.3. The molecule has 0 fully saturated rings. The number of hydrogen-bond acceptors (Lipinski definition) is 3. The highest BCUT2D eigenvalue weighted by Gasteiger charge is 2.21. The Kier molecular flexibility index (Phi) is 15.6. The number of nitrogens with one attached hydrogen (secondary N) is 1. The zero-order chi connectivity index (χ0) is 27.6. The van der Waals surface area contributed by atoms with E-state index in [4.69, 9.17) is 9.15 Å².